The van der Waals surface area contributed by atoms with Crippen molar-refractivity contribution < 1.29 is 38.5 Å². The van der Waals surface area contributed by atoms with Crippen molar-refractivity contribution >= 4 is 0 Å². The molecular weight excluding hydrogens is 311 g/mol. The molecule has 2 rings (SSSR count). The number of hydrogen-bond acceptors (Lipinski definition) is 4. The molecule has 0 fully saturated rings. The molecule has 0 saturated heterocycles. The zero-order valence-corrected chi connectivity index (χ0v) is 15.5. The fraction of sp³-hybridized carbons (Fsp3) is 0.400. The van der Waals surface area contributed by atoms with Gasteiger partial charge in [0.1, 0.15) is 17.2 Å². The van der Waals surface area contributed by atoms with Gasteiger partial charge >= 0.3 is 18.9 Å². The minimum atomic E-state index is 0. The molecule has 2 aromatic rings. The average Bonchev–Trinajstić information content (AvgIpc) is 2.58. The summed E-state index contributed by atoms with van der Waals surface area (Å²) < 4.78 is 10.7. The van der Waals surface area contributed by atoms with Crippen LogP contribution in [0.5, 0.6) is 23.0 Å². The van der Waals surface area contributed by atoms with Gasteiger partial charge in [-0.05, 0) is 37.1 Å². The molecule has 0 unspecified atom stereocenters. The van der Waals surface area contributed by atoms with Gasteiger partial charge in [-0.3, -0.25) is 0 Å². The van der Waals surface area contributed by atoms with Crippen molar-refractivity contribution in [3.8, 4) is 23.0 Å². The first-order valence-corrected chi connectivity index (χ1v) is 8.47. The largest absolute Gasteiger partial charge is 1.00 e. The normalized spacial score (nSPS) is 9.36. The summed E-state index contributed by atoms with van der Waals surface area (Å²) >= 11 is 0. The standard InChI is InChI=1S/2C10H14O2.Li/c1-2-3-8-12-10-6-4-9(11)5-7-10;1-2-3-7-12-10-6-4-5-9(11)8-10;/h4-7,11H,2-3,8H2,1H3;4-6,8,11H,2-3,7H2,1H3;/q;;+1/p-1. The molecule has 0 saturated carbocycles. The third-order valence-corrected chi connectivity index (χ3v) is 3.17. The van der Waals surface area contributed by atoms with E-state index in [4.69, 9.17) is 14.6 Å². The number of aromatic hydroxyl groups is 1. The van der Waals surface area contributed by atoms with Crippen molar-refractivity contribution in [1.82, 2.24) is 0 Å². The summed E-state index contributed by atoms with van der Waals surface area (Å²) in [5.74, 6) is 1.80. The SMILES string of the molecule is CCCCOc1ccc([O-])cc1.CCCCOc1cccc(O)c1.[Li+]. The van der Waals surface area contributed by atoms with Crippen molar-refractivity contribution in [3.63, 3.8) is 0 Å². The number of benzene rings is 2. The second kappa shape index (κ2) is 14.6. The number of rotatable bonds is 8. The molecule has 0 atom stereocenters. The fourth-order valence-corrected chi connectivity index (χ4v) is 1.78. The van der Waals surface area contributed by atoms with Gasteiger partial charge in [-0.1, -0.05) is 44.9 Å². The van der Waals surface area contributed by atoms with Crippen molar-refractivity contribution in [3.05, 3.63) is 48.5 Å². The summed E-state index contributed by atoms with van der Waals surface area (Å²) in [5.41, 5.74) is 0. The maximum absolute atomic E-state index is 10.7. The Bertz CT molecular complexity index is 558. The van der Waals surface area contributed by atoms with Crippen LogP contribution in [0.2, 0.25) is 0 Å². The van der Waals surface area contributed by atoms with Gasteiger partial charge < -0.3 is 19.7 Å². The topological polar surface area (TPSA) is 61.8 Å². The Morgan fingerprint density at radius 3 is 1.92 bits per heavy atom. The fourth-order valence-electron chi connectivity index (χ4n) is 1.78. The van der Waals surface area contributed by atoms with Crippen LogP contribution >= 0.6 is 0 Å². The molecule has 0 aliphatic heterocycles. The zero-order chi connectivity index (χ0) is 17.6. The third kappa shape index (κ3) is 11.4. The maximum atomic E-state index is 10.7. The molecule has 2 aromatic carbocycles. The van der Waals surface area contributed by atoms with E-state index in [0.717, 1.165) is 50.4 Å². The van der Waals surface area contributed by atoms with Crippen LogP contribution in [0.4, 0.5) is 0 Å². The zero-order valence-electron chi connectivity index (χ0n) is 15.5. The Kier molecular flexibility index (Phi) is 13.5. The molecule has 4 nitrogen and oxygen atoms in total. The summed E-state index contributed by atoms with van der Waals surface area (Å²) in [6.07, 6.45) is 4.35. The molecule has 0 aromatic heterocycles. The summed E-state index contributed by atoms with van der Waals surface area (Å²) in [7, 11) is 0. The molecule has 0 amide bonds. The summed E-state index contributed by atoms with van der Waals surface area (Å²) in [5, 5.41) is 19.8. The predicted molar refractivity (Wildman–Crippen MR) is 94.8 cm³/mol. The number of unbranched alkanes of at least 4 members (excludes halogenated alkanes) is 2. The van der Waals surface area contributed by atoms with Crippen LogP contribution in [0.1, 0.15) is 39.5 Å². The van der Waals surface area contributed by atoms with Crippen LogP contribution in [0, 0.1) is 0 Å². The Morgan fingerprint density at radius 1 is 0.840 bits per heavy atom. The second-order valence-corrected chi connectivity index (χ2v) is 5.37. The van der Waals surface area contributed by atoms with E-state index in [9.17, 15) is 5.11 Å². The van der Waals surface area contributed by atoms with E-state index in [2.05, 4.69) is 13.8 Å². The smallest absolute Gasteiger partial charge is 0.872 e. The number of phenols is 1. The van der Waals surface area contributed by atoms with E-state index in [1.165, 1.54) is 12.1 Å². The molecule has 5 heteroatoms. The molecule has 0 radical (unpaired) electrons. The van der Waals surface area contributed by atoms with Crippen molar-refractivity contribution in [1.29, 1.82) is 0 Å². The summed E-state index contributed by atoms with van der Waals surface area (Å²) in [4.78, 5) is 0. The van der Waals surface area contributed by atoms with E-state index in [1.807, 2.05) is 6.07 Å². The van der Waals surface area contributed by atoms with Gasteiger partial charge in [0.15, 0.2) is 0 Å². The Balaban J connectivity index is 0.000000443. The van der Waals surface area contributed by atoms with Crippen LogP contribution in [0.25, 0.3) is 0 Å². The van der Waals surface area contributed by atoms with Crippen LogP contribution in [-0.4, -0.2) is 18.3 Å². The van der Waals surface area contributed by atoms with Gasteiger partial charge in [-0.25, -0.2) is 0 Å². The molecular formula is C20H27LiO4. The third-order valence-electron chi connectivity index (χ3n) is 3.17. The van der Waals surface area contributed by atoms with Crippen molar-refractivity contribution in [2.24, 2.45) is 0 Å². The van der Waals surface area contributed by atoms with Gasteiger partial charge in [0.05, 0.1) is 13.2 Å². The summed E-state index contributed by atoms with van der Waals surface area (Å²) in [6.45, 7) is 5.69. The van der Waals surface area contributed by atoms with Gasteiger partial charge in [-0.15, -0.1) is 5.75 Å². The first-order valence-electron chi connectivity index (χ1n) is 8.47. The van der Waals surface area contributed by atoms with Gasteiger partial charge in [0.25, 0.3) is 0 Å². The van der Waals surface area contributed by atoms with E-state index in [0.29, 0.717) is 0 Å². The van der Waals surface area contributed by atoms with Crippen LogP contribution in [0.3, 0.4) is 0 Å². The Morgan fingerprint density at radius 2 is 1.40 bits per heavy atom. The van der Waals surface area contributed by atoms with Crippen molar-refractivity contribution in [2.45, 2.75) is 39.5 Å². The van der Waals surface area contributed by atoms with Crippen LogP contribution in [0.15, 0.2) is 48.5 Å². The number of phenolic OH excluding ortho intramolecular Hbond substituents is 1. The first kappa shape index (κ1) is 23.2. The molecule has 0 bridgehead atoms. The van der Waals surface area contributed by atoms with E-state index in [1.54, 1.807) is 30.3 Å². The summed E-state index contributed by atoms with van der Waals surface area (Å²) in [6, 6.07) is 13.3. The number of ether oxygens (including phenoxy) is 2. The molecule has 0 heterocycles. The molecule has 0 spiro atoms. The Hall–Kier alpha value is -1.76. The van der Waals surface area contributed by atoms with Crippen molar-refractivity contribution in [2.75, 3.05) is 13.2 Å². The molecule has 0 aliphatic carbocycles. The van der Waals surface area contributed by atoms with E-state index < -0.39 is 0 Å². The van der Waals surface area contributed by atoms with Crippen LogP contribution < -0.4 is 33.4 Å². The van der Waals surface area contributed by atoms with E-state index >= 15 is 0 Å². The van der Waals surface area contributed by atoms with E-state index in [-0.39, 0.29) is 30.4 Å². The monoisotopic (exact) mass is 338 g/mol. The predicted octanol–water partition coefficient (Wildman–Crippen LogP) is 1.51. The molecule has 132 valence electrons. The molecule has 25 heavy (non-hydrogen) atoms. The van der Waals surface area contributed by atoms with Gasteiger partial charge in [0.2, 0.25) is 0 Å². The number of hydrogen-bond donors (Lipinski definition) is 1. The first-order chi connectivity index (χ1) is 11.7. The average molecular weight is 338 g/mol. The molecule has 1 N–H and O–H groups in total. The maximum Gasteiger partial charge on any atom is 1.00 e. The molecule has 0 aliphatic rings. The minimum absolute atomic E-state index is 0. The van der Waals surface area contributed by atoms with Gasteiger partial charge in [-0.2, -0.15) is 0 Å². The second-order valence-electron chi connectivity index (χ2n) is 5.37. The van der Waals surface area contributed by atoms with Gasteiger partial charge in [0, 0.05) is 6.07 Å². The Labute approximate surface area is 163 Å². The minimum Gasteiger partial charge on any atom is -0.872 e. The van der Waals surface area contributed by atoms with Crippen LogP contribution in [-0.2, 0) is 0 Å². The quantitative estimate of drug-likeness (QED) is 0.585.